The molecule has 1 aromatic rings. The number of allylic oxidation sites excluding steroid dienone is 2. The van der Waals surface area contributed by atoms with Crippen LogP contribution in [0.5, 0.6) is 0 Å². The van der Waals surface area contributed by atoms with Crippen molar-refractivity contribution in [2.24, 2.45) is 10.7 Å². The van der Waals surface area contributed by atoms with Crippen LogP contribution >= 0.6 is 0 Å². The first-order valence-corrected chi connectivity index (χ1v) is 10.3. The average Bonchev–Trinajstić information content (AvgIpc) is 2.79. The molecule has 0 aliphatic carbocycles. The van der Waals surface area contributed by atoms with E-state index in [1.807, 2.05) is 25.1 Å². The van der Waals surface area contributed by atoms with E-state index in [0.717, 1.165) is 17.0 Å². The number of rotatable bonds is 9. The highest BCUT2D eigenvalue weighted by Gasteiger charge is 2.25. The van der Waals surface area contributed by atoms with Gasteiger partial charge in [0.2, 0.25) is 5.91 Å². The number of aliphatic imine (C=N–C) groups is 1. The number of primary amides is 1. The fourth-order valence-corrected chi connectivity index (χ4v) is 2.90. The van der Waals surface area contributed by atoms with Crippen molar-refractivity contribution >= 4 is 17.3 Å². The first kappa shape index (κ1) is 23.8. The summed E-state index contributed by atoms with van der Waals surface area (Å²) >= 11 is 0. The molecule has 30 heavy (non-hydrogen) atoms. The molecule has 7 heteroatoms. The number of halogens is 1. The fraction of sp³-hybridized carbons (Fsp3) is 0.478. The highest BCUT2D eigenvalue weighted by Crippen LogP contribution is 2.20. The SMILES string of the molecule is CCOCCN1C/C=C(c2ccc(C)c(F)c2)\C=C/CN=C1CNC(C)(C)C(N)=O. The summed E-state index contributed by atoms with van der Waals surface area (Å²) in [5.41, 5.74) is 7.03. The third kappa shape index (κ3) is 6.78. The minimum absolute atomic E-state index is 0.218. The number of amides is 1. The first-order valence-electron chi connectivity index (χ1n) is 10.3. The molecule has 1 aliphatic rings. The summed E-state index contributed by atoms with van der Waals surface area (Å²) in [6.07, 6.45) is 5.99. The first-order chi connectivity index (χ1) is 14.2. The van der Waals surface area contributed by atoms with Crippen molar-refractivity contribution < 1.29 is 13.9 Å². The lowest BCUT2D eigenvalue weighted by Crippen LogP contribution is -2.54. The van der Waals surface area contributed by atoms with E-state index in [-0.39, 0.29) is 5.82 Å². The number of aryl methyl sites for hydroxylation is 1. The van der Waals surface area contributed by atoms with Crippen molar-refractivity contribution in [2.45, 2.75) is 33.2 Å². The molecule has 0 atom stereocenters. The zero-order valence-corrected chi connectivity index (χ0v) is 18.4. The van der Waals surface area contributed by atoms with E-state index < -0.39 is 11.4 Å². The number of ether oxygens (including phenoxy) is 1. The molecule has 1 aromatic carbocycles. The summed E-state index contributed by atoms with van der Waals surface area (Å²) in [5.74, 6) is 0.182. The Labute approximate surface area is 178 Å². The number of carbonyl (C=O) groups excluding carboxylic acids is 1. The number of hydrogen-bond donors (Lipinski definition) is 2. The number of carbonyl (C=O) groups is 1. The molecule has 1 heterocycles. The van der Waals surface area contributed by atoms with Gasteiger partial charge in [-0.2, -0.15) is 0 Å². The second-order valence-corrected chi connectivity index (χ2v) is 7.77. The Morgan fingerprint density at radius 2 is 2.17 bits per heavy atom. The Morgan fingerprint density at radius 3 is 2.83 bits per heavy atom. The summed E-state index contributed by atoms with van der Waals surface area (Å²) in [6.45, 7) is 10.5. The van der Waals surface area contributed by atoms with Crippen LogP contribution in [0.25, 0.3) is 5.57 Å². The van der Waals surface area contributed by atoms with Gasteiger partial charge in [0.15, 0.2) is 0 Å². The molecule has 0 radical (unpaired) electrons. The predicted octanol–water partition coefficient (Wildman–Crippen LogP) is 2.68. The van der Waals surface area contributed by atoms with E-state index in [4.69, 9.17) is 15.5 Å². The van der Waals surface area contributed by atoms with Crippen LogP contribution in [0.2, 0.25) is 0 Å². The lowest BCUT2D eigenvalue weighted by atomic mass is 10.0. The van der Waals surface area contributed by atoms with Gasteiger partial charge in [0.25, 0.3) is 0 Å². The Morgan fingerprint density at radius 1 is 1.40 bits per heavy atom. The Hall–Kier alpha value is -2.51. The van der Waals surface area contributed by atoms with Crippen LogP contribution in [0.1, 0.15) is 31.9 Å². The topological polar surface area (TPSA) is 79.9 Å². The molecule has 164 valence electrons. The highest BCUT2D eigenvalue weighted by atomic mass is 19.1. The van der Waals surface area contributed by atoms with Gasteiger partial charge in [-0.05, 0) is 50.5 Å². The molecular formula is C23H33FN4O2. The van der Waals surface area contributed by atoms with Gasteiger partial charge in [-0.25, -0.2) is 4.39 Å². The lowest BCUT2D eigenvalue weighted by molar-refractivity contribution is -0.123. The van der Waals surface area contributed by atoms with Gasteiger partial charge in [0, 0.05) is 19.7 Å². The molecule has 0 saturated heterocycles. The number of hydrogen-bond acceptors (Lipinski definition) is 5. The largest absolute Gasteiger partial charge is 0.380 e. The number of nitrogens with one attached hydrogen (secondary N) is 1. The number of nitrogens with zero attached hydrogens (tertiary/aromatic N) is 2. The summed E-state index contributed by atoms with van der Waals surface area (Å²) in [5, 5.41) is 3.19. The van der Waals surface area contributed by atoms with Crippen LogP contribution in [-0.2, 0) is 9.53 Å². The minimum Gasteiger partial charge on any atom is -0.380 e. The van der Waals surface area contributed by atoms with E-state index >= 15 is 0 Å². The van der Waals surface area contributed by atoms with E-state index in [2.05, 4.69) is 16.3 Å². The van der Waals surface area contributed by atoms with Crippen LogP contribution in [-0.4, -0.2) is 61.6 Å². The van der Waals surface area contributed by atoms with Crippen molar-refractivity contribution in [3.05, 3.63) is 53.4 Å². The zero-order chi connectivity index (χ0) is 22.1. The van der Waals surface area contributed by atoms with Crippen molar-refractivity contribution in [2.75, 3.05) is 39.4 Å². The van der Waals surface area contributed by atoms with Crippen LogP contribution in [0, 0.1) is 12.7 Å². The number of nitrogens with two attached hydrogens (primary N) is 1. The summed E-state index contributed by atoms with van der Waals surface area (Å²) in [7, 11) is 0. The molecule has 0 bridgehead atoms. The predicted molar refractivity (Wildman–Crippen MR) is 120 cm³/mol. The van der Waals surface area contributed by atoms with E-state index in [9.17, 15) is 9.18 Å². The highest BCUT2D eigenvalue weighted by molar-refractivity contribution is 5.88. The van der Waals surface area contributed by atoms with Crippen molar-refractivity contribution in [3.8, 4) is 0 Å². The molecule has 0 unspecified atom stereocenters. The lowest BCUT2D eigenvalue weighted by Gasteiger charge is -2.29. The van der Waals surface area contributed by atoms with E-state index in [1.54, 1.807) is 32.9 Å². The standard InChI is InChI=1S/C23H33FN4O2/c1-5-30-14-13-28-12-10-18(19-9-8-17(2)20(24)15-19)7-6-11-26-21(28)16-27-23(3,4)22(25)29/h6-10,15,27H,5,11-14,16H2,1-4H3,(H2,25,29)/b7-6-,18-10+,26-21?. The molecule has 3 N–H and O–H groups in total. The molecule has 0 fully saturated rings. The zero-order valence-electron chi connectivity index (χ0n) is 18.4. The van der Waals surface area contributed by atoms with Crippen LogP contribution in [0.3, 0.4) is 0 Å². The van der Waals surface area contributed by atoms with Gasteiger partial charge >= 0.3 is 0 Å². The number of amidine groups is 1. The van der Waals surface area contributed by atoms with Crippen LogP contribution in [0.15, 0.2) is 41.4 Å². The minimum atomic E-state index is -0.844. The maximum atomic E-state index is 14.1. The van der Waals surface area contributed by atoms with Gasteiger partial charge in [0.1, 0.15) is 11.7 Å². The number of benzene rings is 1. The van der Waals surface area contributed by atoms with Crippen LogP contribution in [0.4, 0.5) is 4.39 Å². The van der Waals surface area contributed by atoms with Crippen molar-refractivity contribution in [3.63, 3.8) is 0 Å². The summed E-state index contributed by atoms with van der Waals surface area (Å²) in [6, 6.07) is 5.28. The molecular weight excluding hydrogens is 383 g/mol. The Balaban J connectivity index is 2.24. The van der Waals surface area contributed by atoms with Gasteiger partial charge in [-0.3, -0.25) is 15.1 Å². The van der Waals surface area contributed by atoms with Gasteiger partial charge < -0.3 is 15.4 Å². The van der Waals surface area contributed by atoms with Crippen LogP contribution < -0.4 is 11.1 Å². The molecule has 1 aliphatic heterocycles. The normalized spacial score (nSPS) is 18.0. The Bertz CT molecular complexity index is 830. The third-order valence-electron chi connectivity index (χ3n) is 5.09. The smallest absolute Gasteiger partial charge is 0.237 e. The molecule has 0 saturated carbocycles. The molecule has 6 nitrogen and oxygen atoms in total. The maximum absolute atomic E-state index is 14.1. The monoisotopic (exact) mass is 416 g/mol. The van der Waals surface area contributed by atoms with Gasteiger partial charge in [-0.15, -0.1) is 0 Å². The summed E-state index contributed by atoms with van der Waals surface area (Å²) < 4.78 is 19.6. The molecule has 2 rings (SSSR count). The van der Waals surface area contributed by atoms with Crippen molar-refractivity contribution in [1.29, 1.82) is 0 Å². The van der Waals surface area contributed by atoms with E-state index in [0.29, 0.717) is 45.0 Å². The molecule has 1 amide bonds. The summed E-state index contributed by atoms with van der Waals surface area (Å²) in [4.78, 5) is 18.5. The second-order valence-electron chi connectivity index (χ2n) is 7.77. The maximum Gasteiger partial charge on any atom is 0.237 e. The fourth-order valence-electron chi connectivity index (χ4n) is 2.90. The quantitative estimate of drug-likeness (QED) is 0.607. The van der Waals surface area contributed by atoms with Gasteiger partial charge in [0.05, 0.1) is 25.2 Å². The molecule has 0 aromatic heterocycles. The average molecular weight is 417 g/mol. The third-order valence-corrected chi connectivity index (χ3v) is 5.09. The van der Waals surface area contributed by atoms with Crippen molar-refractivity contribution in [1.82, 2.24) is 10.2 Å². The molecule has 0 spiro atoms. The van der Waals surface area contributed by atoms with E-state index in [1.165, 1.54) is 0 Å². The Kier molecular flexibility index (Phi) is 8.74. The second kappa shape index (κ2) is 11.0. The van der Waals surface area contributed by atoms with Gasteiger partial charge in [-0.1, -0.05) is 30.4 Å².